The molecule has 4 nitrogen and oxygen atoms in total. The highest BCUT2D eigenvalue weighted by atomic mass is 16.5. The maximum absolute atomic E-state index is 9.60. The molecule has 1 heterocycles. The average Bonchev–Trinajstić information content (AvgIpc) is 2.48. The second kappa shape index (κ2) is 7.18. The number of nitrogens with two attached hydrogens (primary N) is 1. The molecule has 0 amide bonds. The lowest BCUT2D eigenvalue weighted by Gasteiger charge is -2.42. The van der Waals surface area contributed by atoms with Gasteiger partial charge in [0.15, 0.2) is 0 Å². The fourth-order valence-electron chi connectivity index (χ4n) is 2.95. The number of aliphatic hydroxyl groups excluding tert-OH is 1. The van der Waals surface area contributed by atoms with E-state index in [4.69, 9.17) is 10.5 Å². The third kappa shape index (κ3) is 3.38. The molecule has 0 aliphatic carbocycles. The summed E-state index contributed by atoms with van der Waals surface area (Å²) >= 11 is 0. The predicted molar refractivity (Wildman–Crippen MR) is 80.6 cm³/mol. The third-order valence-electron chi connectivity index (χ3n) is 4.10. The summed E-state index contributed by atoms with van der Waals surface area (Å²) in [6.45, 7) is 6.42. The molecular formula is C16H26N2O2. The molecule has 1 aliphatic heterocycles. The Bertz CT molecular complexity index is 425. The SMILES string of the molecule is CCC(N)C(c1cccc(C)c1)N1CCOCC1CO. The first-order valence-corrected chi connectivity index (χ1v) is 7.43. The maximum Gasteiger partial charge on any atom is 0.0645 e. The van der Waals surface area contributed by atoms with Crippen molar-refractivity contribution in [2.75, 3.05) is 26.4 Å². The molecule has 0 radical (unpaired) electrons. The lowest BCUT2D eigenvalue weighted by molar-refractivity contribution is -0.0528. The molecular weight excluding hydrogens is 252 g/mol. The van der Waals surface area contributed by atoms with Crippen LogP contribution in [0.2, 0.25) is 0 Å². The van der Waals surface area contributed by atoms with E-state index < -0.39 is 0 Å². The molecule has 0 aromatic heterocycles. The minimum absolute atomic E-state index is 0.0341. The van der Waals surface area contributed by atoms with Gasteiger partial charge in [0.05, 0.1) is 31.9 Å². The van der Waals surface area contributed by atoms with Crippen molar-refractivity contribution in [3.8, 4) is 0 Å². The van der Waals surface area contributed by atoms with Crippen molar-refractivity contribution in [2.24, 2.45) is 5.73 Å². The highest BCUT2D eigenvalue weighted by molar-refractivity contribution is 5.26. The molecule has 0 saturated carbocycles. The van der Waals surface area contributed by atoms with E-state index in [9.17, 15) is 5.11 Å². The van der Waals surface area contributed by atoms with Crippen molar-refractivity contribution in [1.29, 1.82) is 0 Å². The second-order valence-electron chi connectivity index (χ2n) is 5.58. The van der Waals surface area contributed by atoms with E-state index in [1.807, 2.05) is 0 Å². The standard InChI is InChI=1S/C16H26N2O2/c1-3-15(17)16(13-6-4-5-12(2)9-13)18-7-8-20-11-14(18)10-19/h4-6,9,14-16,19H,3,7-8,10-11,17H2,1-2H3. The fraction of sp³-hybridized carbons (Fsp3) is 0.625. The number of nitrogens with zero attached hydrogens (tertiary/aromatic N) is 1. The molecule has 3 unspecified atom stereocenters. The molecule has 1 aromatic rings. The number of benzene rings is 1. The number of ether oxygens (including phenoxy) is 1. The van der Waals surface area contributed by atoms with Crippen molar-refractivity contribution in [2.45, 2.75) is 38.4 Å². The van der Waals surface area contributed by atoms with E-state index >= 15 is 0 Å². The molecule has 2 rings (SSSR count). The van der Waals surface area contributed by atoms with Crippen LogP contribution in [-0.4, -0.2) is 48.5 Å². The average molecular weight is 278 g/mol. The van der Waals surface area contributed by atoms with Gasteiger partial charge in [0.1, 0.15) is 0 Å². The largest absolute Gasteiger partial charge is 0.395 e. The summed E-state index contributed by atoms with van der Waals surface area (Å²) in [5, 5.41) is 9.60. The van der Waals surface area contributed by atoms with Crippen LogP contribution in [0.25, 0.3) is 0 Å². The van der Waals surface area contributed by atoms with Gasteiger partial charge in [-0.25, -0.2) is 0 Å². The highest BCUT2D eigenvalue weighted by Crippen LogP contribution is 2.29. The molecule has 1 aliphatic rings. The Morgan fingerprint density at radius 2 is 2.30 bits per heavy atom. The Labute approximate surface area is 121 Å². The van der Waals surface area contributed by atoms with Gasteiger partial charge in [-0.05, 0) is 18.9 Å². The van der Waals surface area contributed by atoms with E-state index in [0.29, 0.717) is 13.2 Å². The van der Waals surface area contributed by atoms with E-state index in [0.717, 1.165) is 13.0 Å². The highest BCUT2D eigenvalue weighted by Gasteiger charge is 2.33. The molecule has 1 saturated heterocycles. The molecule has 20 heavy (non-hydrogen) atoms. The van der Waals surface area contributed by atoms with Crippen molar-refractivity contribution in [1.82, 2.24) is 4.90 Å². The van der Waals surface area contributed by atoms with Gasteiger partial charge in [0.25, 0.3) is 0 Å². The fourth-order valence-corrected chi connectivity index (χ4v) is 2.95. The summed E-state index contributed by atoms with van der Waals surface area (Å²) in [6.07, 6.45) is 0.911. The zero-order valence-corrected chi connectivity index (χ0v) is 12.5. The maximum atomic E-state index is 9.60. The van der Waals surface area contributed by atoms with E-state index in [-0.39, 0.29) is 24.7 Å². The zero-order valence-electron chi connectivity index (χ0n) is 12.5. The van der Waals surface area contributed by atoms with Crippen molar-refractivity contribution < 1.29 is 9.84 Å². The number of aryl methyl sites for hydroxylation is 1. The smallest absolute Gasteiger partial charge is 0.0645 e. The van der Waals surface area contributed by atoms with Gasteiger partial charge < -0.3 is 15.6 Å². The summed E-state index contributed by atoms with van der Waals surface area (Å²) in [4.78, 5) is 2.31. The van der Waals surface area contributed by atoms with Gasteiger partial charge in [0, 0.05) is 12.6 Å². The number of morpholine rings is 1. The van der Waals surface area contributed by atoms with Gasteiger partial charge in [-0.1, -0.05) is 36.8 Å². The monoisotopic (exact) mass is 278 g/mol. The van der Waals surface area contributed by atoms with Gasteiger partial charge in [-0.2, -0.15) is 0 Å². The summed E-state index contributed by atoms with van der Waals surface area (Å²) in [5.74, 6) is 0. The summed E-state index contributed by atoms with van der Waals surface area (Å²) in [6, 6.07) is 8.74. The van der Waals surface area contributed by atoms with Crippen LogP contribution in [0.1, 0.15) is 30.5 Å². The number of hydrogen-bond donors (Lipinski definition) is 2. The molecule has 3 atom stereocenters. The summed E-state index contributed by atoms with van der Waals surface area (Å²) in [5.41, 5.74) is 8.86. The number of rotatable bonds is 5. The summed E-state index contributed by atoms with van der Waals surface area (Å²) in [7, 11) is 0. The first-order valence-electron chi connectivity index (χ1n) is 7.43. The van der Waals surface area contributed by atoms with E-state index in [1.165, 1.54) is 11.1 Å². The molecule has 1 aromatic carbocycles. The van der Waals surface area contributed by atoms with Gasteiger partial charge in [0.2, 0.25) is 0 Å². The van der Waals surface area contributed by atoms with Crippen LogP contribution in [-0.2, 0) is 4.74 Å². The first kappa shape index (κ1) is 15.4. The zero-order chi connectivity index (χ0) is 14.5. The van der Waals surface area contributed by atoms with Gasteiger partial charge in [-0.15, -0.1) is 0 Å². The minimum atomic E-state index is 0.0341. The van der Waals surface area contributed by atoms with Crippen LogP contribution in [0, 0.1) is 6.92 Å². The van der Waals surface area contributed by atoms with Crippen LogP contribution in [0.15, 0.2) is 24.3 Å². The summed E-state index contributed by atoms with van der Waals surface area (Å²) < 4.78 is 5.48. The minimum Gasteiger partial charge on any atom is -0.395 e. The van der Waals surface area contributed by atoms with Crippen molar-refractivity contribution in [3.63, 3.8) is 0 Å². The molecule has 1 fully saturated rings. The predicted octanol–water partition coefficient (Wildman–Crippen LogP) is 1.47. The molecule has 0 spiro atoms. The Kier molecular flexibility index (Phi) is 5.54. The second-order valence-corrected chi connectivity index (χ2v) is 5.58. The number of hydrogen-bond acceptors (Lipinski definition) is 4. The number of aliphatic hydroxyl groups is 1. The molecule has 0 bridgehead atoms. The molecule has 3 N–H and O–H groups in total. The van der Waals surface area contributed by atoms with E-state index in [2.05, 4.69) is 43.0 Å². The van der Waals surface area contributed by atoms with Gasteiger partial charge in [-0.3, -0.25) is 4.90 Å². The van der Waals surface area contributed by atoms with Gasteiger partial charge >= 0.3 is 0 Å². The topological polar surface area (TPSA) is 58.7 Å². The third-order valence-corrected chi connectivity index (χ3v) is 4.10. The Morgan fingerprint density at radius 3 is 2.95 bits per heavy atom. The Morgan fingerprint density at radius 1 is 1.50 bits per heavy atom. The first-order chi connectivity index (χ1) is 9.67. The van der Waals surface area contributed by atoms with Crippen LogP contribution >= 0.6 is 0 Å². The van der Waals surface area contributed by atoms with Crippen LogP contribution in [0.3, 0.4) is 0 Å². The van der Waals surface area contributed by atoms with Crippen LogP contribution in [0.5, 0.6) is 0 Å². The van der Waals surface area contributed by atoms with E-state index in [1.54, 1.807) is 0 Å². The van der Waals surface area contributed by atoms with Crippen LogP contribution in [0.4, 0.5) is 0 Å². The normalized spacial score (nSPS) is 23.5. The van der Waals surface area contributed by atoms with Crippen molar-refractivity contribution >= 4 is 0 Å². The van der Waals surface area contributed by atoms with Crippen molar-refractivity contribution in [3.05, 3.63) is 35.4 Å². The molecule has 112 valence electrons. The van der Waals surface area contributed by atoms with Crippen LogP contribution < -0.4 is 5.73 Å². The quantitative estimate of drug-likeness (QED) is 0.856. The lowest BCUT2D eigenvalue weighted by Crippen LogP contribution is -2.53. The Hall–Kier alpha value is -0.940. The molecule has 4 heteroatoms. The lowest BCUT2D eigenvalue weighted by atomic mass is 9.93. The Balaban J connectivity index is 2.31.